The Morgan fingerprint density at radius 3 is 2.54 bits per heavy atom. The SMILES string of the molecule is COc1ccc(Cl)cc1NC(=O)CC(=O)NCc1ccccc1Cl. The van der Waals surface area contributed by atoms with E-state index < -0.39 is 11.8 Å². The van der Waals surface area contributed by atoms with Crippen LogP contribution in [0.25, 0.3) is 0 Å². The van der Waals surface area contributed by atoms with E-state index in [4.69, 9.17) is 27.9 Å². The average molecular weight is 367 g/mol. The summed E-state index contributed by atoms with van der Waals surface area (Å²) in [5, 5.41) is 6.28. The van der Waals surface area contributed by atoms with Gasteiger partial charge in [-0.2, -0.15) is 0 Å². The van der Waals surface area contributed by atoms with E-state index in [9.17, 15) is 9.59 Å². The average Bonchev–Trinajstić information content (AvgIpc) is 2.54. The number of methoxy groups -OCH3 is 1. The Morgan fingerprint density at radius 1 is 1.08 bits per heavy atom. The predicted molar refractivity (Wildman–Crippen MR) is 94.5 cm³/mol. The molecule has 0 aliphatic heterocycles. The molecule has 0 unspecified atom stereocenters. The van der Waals surface area contributed by atoms with E-state index in [1.165, 1.54) is 7.11 Å². The van der Waals surface area contributed by atoms with Gasteiger partial charge >= 0.3 is 0 Å². The van der Waals surface area contributed by atoms with Gasteiger partial charge in [-0.3, -0.25) is 9.59 Å². The van der Waals surface area contributed by atoms with Crippen LogP contribution in [0.5, 0.6) is 5.75 Å². The lowest BCUT2D eigenvalue weighted by Crippen LogP contribution is -2.27. The van der Waals surface area contributed by atoms with Crippen LogP contribution in [-0.4, -0.2) is 18.9 Å². The van der Waals surface area contributed by atoms with E-state index in [-0.39, 0.29) is 13.0 Å². The first-order chi connectivity index (χ1) is 11.5. The Hall–Kier alpha value is -2.24. The standard InChI is InChI=1S/C17H16Cl2N2O3/c1-24-15-7-6-12(18)8-14(15)21-17(23)9-16(22)20-10-11-4-2-3-5-13(11)19/h2-8H,9-10H2,1H3,(H,20,22)(H,21,23). The molecule has 0 aliphatic rings. The lowest BCUT2D eigenvalue weighted by molar-refractivity contribution is -0.126. The van der Waals surface area contributed by atoms with Crippen LogP contribution in [0.4, 0.5) is 5.69 Å². The van der Waals surface area contributed by atoms with Gasteiger partial charge in [-0.05, 0) is 29.8 Å². The summed E-state index contributed by atoms with van der Waals surface area (Å²) in [4.78, 5) is 23.9. The smallest absolute Gasteiger partial charge is 0.233 e. The van der Waals surface area contributed by atoms with Crippen LogP contribution in [0.1, 0.15) is 12.0 Å². The lowest BCUT2D eigenvalue weighted by Gasteiger charge is -2.11. The van der Waals surface area contributed by atoms with Crippen molar-refractivity contribution in [2.24, 2.45) is 0 Å². The molecule has 2 amide bonds. The van der Waals surface area contributed by atoms with Crippen LogP contribution in [0.15, 0.2) is 42.5 Å². The largest absolute Gasteiger partial charge is 0.495 e. The van der Waals surface area contributed by atoms with Gasteiger partial charge in [0.25, 0.3) is 0 Å². The fraction of sp³-hybridized carbons (Fsp3) is 0.176. The third-order valence-electron chi connectivity index (χ3n) is 3.19. The van der Waals surface area contributed by atoms with Crippen molar-refractivity contribution in [3.63, 3.8) is 0 Å². The van der Waals surface area contributed by atoms with E-state index in [1.807, 2.05) is 6.07 Å². The summed E-state index contributed by atoms with van der Waals surface area (Å²) in [6.07, 6.45) is -0.319. The summed E-state index contributed by atoms with van der Waals surface area (Å²) in [6.45, 7) is 0.256. The molecule has 0 radical (unpaired) electrons. The molecule has 0 saturated heterocycles. The minimum absolute atomic E-state index is 0.256. The minimum atomic E-state index is -0.466. The van der Waals surface area contributed by atoms with E-state index in [0.717, 1.165) is 5.56 Å². The first kappa shape index (κ1) is 18.1. The van der Waals surface area contributed by atoms with Crippen molar-refractivity contribution in [3.8, 4) is 5.75 Å². The second-order valence-corrected chi connectivity index (χ2v) is 5.78. The number of rotatable bonds is 6. The van der Waals surface area contributed by atoms with Gasteiger partial charge in [0.05, 0.1) is 12.8 Å². The highest BCUT2D eigenvalue weighted by atomic mass is 35.5. The Balaban J connectivity index is 1.89. The number of hydrogen-bond acceptors (Lipinski definition) is 3. The summed E-state index contributed by atoms with van der Waals surface area (Å²) >= 11 is 11.9. The van der Waals surface area contributed by atoms with E-state index in [0.29, 0.717) is 21.5 Å². The molecule has 2 rings (SSSR count). The third-order valence-corrected chi connectivity index (χ3v) is 3.79. The first-order valence-corrected chi connectivity index (χ1v) is 7.88. The van der Waals surface area contributed by atoms with Crippen molar-refractivity contribution in [2.75, 3.05) is 12.4 Å². The predicted octanol–water partition coefficient (Wildman–Crippen LogP) is 3.65. The molecule has 7 heteroatoms. The third kappa shape index (κ3) is 5.15. The number of amides is 2. The zero-order chi connectivity index (χ0) is 17.5. The number of carbonyl (C=O) groups excluding carboxylic acids is 2. The van der Waals surface area contributed by atoms with Gasteiger partial charge < -0.3 is 15.4 Å². The molecular weight excluding hydrogens is 351 g/mol. The van der Waals surface area contributed by atoms with Crippen LogP contribution in [-0.2, 0) is 16.1 Å². The number of benzene rings is 2. The molecule has 0 fully saturated rings. The highest BCUT2D eigenvalue weighted by Gasteiger charge is 2.13. The van der Waals surface area contributed by atoms with E-state index >= 15 is 0 Å². The van der Waals surface area contributed by atoms with Crippen molar-refractivity contribution in [1.29, 1.82) is 0 Å². The number of hydrogen-bond donors (Lipinski definition) is 2. The number of anilines is 1. The maximum absolute atomic E-state index is 12.0. The van der Waals surface area contributed by atoms with Crippen molar-refractivity contribution in [2.45, 2.75) is 13.0 Å². The molecule has 5 nitrogen and oxygen atoms in total. The van der Waals surface area contributed by atoms with Crippen LogP contribution in [0.2, 0.25) is 10.0 Å². The monoisotopic (exact) mass is 366 g/mol. The molecule has 126 valence electrons. The number of nitrogens with one attached hydrogen (secondary N) is 2. The van der Waals surface area contributed by atoms with Crippen LogP contribution < -0.4 is 15.4 Å². The second kappa shape index (κ2) is 8.57. The molecule has 0 heterocycles. The molecule has 0 bridgehead atoms. The van der Waals surface area contributed by atoms with Gasteiger partial charge in [-0.25, -0.2) is 0 Å². The van der Waals surface area contributed by atoms with Crippen molar-refractivity contribution >= 4 is 40.7 Å². The van der Waals surface area contributed by atoms with Crippen molar-refractivity contribution < 1.29 is 14.3 Å². The van der Waals surface area contributed by atoms with Gasteiger partial charge in [-0.15, -0.1) is 0 Å². The first-order valence-electron chi connectivity index (χ1n) is 7.13. The Morgan fingerprint density at radius 2 is 1.83 bits per heavy atom. The highest BCUT2D eigenvalue weighted by Crippen LogP contribution is 2.27. The summed E-state index contributed by atoms with van der Waals surface area (Å²) in [5.74, 6) is -0.412. The number of halogens is 2. The van der Waals surface area contributed by atoms with Gasteiger partial charge in [0, 0.05) is 16.6 Å². The molecule has 2 aromatic rings. The van der Waals surface area contributed by atoms with Gasteiger partial charge in [0.2, 0.25) is 11.8 Å². The fourth-order valence-electron chi connectivity index (χ4n) is 2.02. The fourth-order valence-corrected chi connectivity index (χ4v) is 2.39. The van der Waals surface area contributed by atoms with Crippen LogP contribution in [0.3, 0.4) is 0 Å². The summed E-state index contributed by atoms with van der Waals surface area (Å²) in [7, 11) is 1.48. The molecule has 0 saturated carbocycles. The molecular formula is C17H16Cl2N2O3. The van der Waals surface area contributed by atoms with Gasteiger partial charge in [-0.1, -0.05) is 41.4 Å². The Kier molecular flexibility index (Phi) is 6.46. The normalized spacial score (nSPS) is 10.1. The zero-order valence-electron chi connectivity index (χ0n) is 12.9. The quantitative estimate of drug-likeness (QED) is 0.766. The van der Waals surface area contributed by atoms with Crippen LogP contribution in [0, 0.1) is 0 Å². The second-order valence-electron chi connectivity index (χ2n) is 4.94. The van der Waals surface area contributed by atoms with Crippen molar-refractivity contribution in [1.82, 2.24) is 5.32 Å². The Labute approximate surface area is 149 Å². The van der Waals surface area contributed by atoms with Crippen LogP contribution >= 0.6 is 23.2 Å². The van der Waals surface area contributed by atoms with Crippen molar-refractivity contribution in [3.05, 3.63) is 58.1 Å². The molecule has 24 heavy (non-hydrogen) atoms. The molecule has 0 spiro atoms. The molecule has 0 aromatic heterocycles. The summed E-state index contributed by atoms with van der Waals surface area (Å²) in [5.41, 5.74) is 1.19. The van der Waals surface area contributed by atoms with Gasteiger partial charge in [0.15, 0.2) is 0 Å². The summed E-state index contributed by atoms with van der Waals surface area (Å²) < 4.78 is 5.14. The van der Waals surface area contributed by atoms with E-state index in [2.05, 4.69) is 10.6 Å². The topological polar surface area (TPSA) is 67.4 Å². The maximum atomic E-state index is 12.0. The number of ether oxygens (including phenoxy) is 1. The van der Waals surface area contributed by atoms with Gasteiger partial charge in [0.1, 0.15) is 12.2 Å². The highest BCUT2D eigenvalue weighted by molar-refractivity contribution is 6.31. The Bertz CT molecular complexity index is 750. The molecule has 0 atom stereocenters. The minimum Gasteiger partial charge on any atom is -0.495 e. The molecule has 0 aliphatic carbocycles. The summed E-state index contributed by atoms with van der Waals surface area (Å²) in [6, 6.07) is 12.0. The maximum Gasteiger partial charge on any atom is 0.233 e. The molecule has 2 N–H and O–H groups in total. The lowest BCUT2D eigenvalue weighted by atomic mass is 10.2. The van der Waals surface area contributed by atoms with E-state index in [1.54, 1.807) is 36.4 Å². The molecule has 2 aromatic carbocycles. The zero-order valence-corrected chi connectivity index (χ0v) is 14.4. The number of carbonyl (C=O) groups is 2.